The summed E-state index contributed by atoms with van der Waals surface area (Å²) in [5.41, 5.74) is 0.876. The van der Waals surface area contributed by atoms with Crippen molar-refractivity contribution in [1.82, 2.24) is 10.2 Å². The van der Waals surface area contributed by atoms with Gasteiger partial charge in [-0.15, -0.1) is 10.2 Å². The first-order valence-corrected chi connectivity index (χ1v) is 7.21. The molecule has 6 nitrogen and oxygen atoms in total. The Morgan fingerprint density at radius 1 is 1.00 bits per heavy atom. The third-order valence-electron chi connectivity index (χ3n) is 3.32. The molecular formula is C17H13FN2O4. The average Bonchev–Trinajstić information content (AvgIpc) is 3.18. The van der Waals surface area contributed by atoms with E-state index < -0.39 is 11.6 Å². The quantitative estimate of drug-likeness (QED) is 0.511. The van der Waals surface area contributed by atoms with Gasteiger partial charge in [0.05, 0.1) is 6.42 Å². The van der Waals surface area contributed by atoms with Crippen molar-refractivity contribution in [3.05, 3.63) is 71.1 Å². The van der Waals surface area contributed by atoms with Crippen LogP contribution in [0.5, 0.6) is 0 Å². The highest BCUT2D eigenvalue weighted by Gasteiger charge is 2.23. The van der Waals surface area contributed by atoms with Gasteiger partial charge in [0.2, 0.25) is 11.7 Å². The maximum absolute atomic E-state index is 12.9. The van der Waals surface area contributed by atoms with Gasteiger partial charge >= 0.3 is 0 Å². The number of hydrogen-bond donors (Lipinski definition) is 0. The molecule has 3 aromatic rings. The molecule has 0 unspecified atom stereocenters. The summed E-state index contributed by atoms with van der Waals surface area (Å²) in [5, 5.41) is 7.04. The molecule has 0 aliphatic carbocycles. The van der Waals surface area contributed by atoms with Gasteiger partial charge in [-0.05, 0) is 29.8 Å². The fourth-order valence-corrected chi connectivity index (χ4v) is 2.16. The van der Waals surface area contributed by atoms with Gasteiger partial charge in [-0.25, -0.2) is 4.39 Å². The molecule has 0 bridgehead atoms. The number of aryl methyl sites for hydroxylation is 1. The summed E-state index contributed by atoms with van der Waals surface area (Å²) in [6.07, 6.45) is 0.273. The lowest BCUT2D eigenvalue weighted by Crippen LogP contribution is -2.16. The number of hydrogen-bond acceptors (Lipinski definition) is 6. The van der Waals surface area contributed by atoms with Gasteiger partial charge in [0, 0.05) is 13.3 Å². The van der Waals surface area contributed by atoms with Crippen molar-refractivity contribution < 1.29 is 22.8 Å². The van der Waals surface area contributed by atoms with Crippen LogP contribution in [0.25, 0.3) is 0 Å². The smallest absolute Gasteiger partial charge is 0.292 e. The highest BCUT2D eigenvalue weighted by Crippen LogP contribution is 2.15. The first-order chi connectivity index (χ1) is 11.5. The van der Waals surface area contributed by atoms with Crippen LogP contribution in [0, 0.1) is 12.7 Å². The van der Waals surface area contributed by atoms with E-state index in [9.17, 15) is 14.0 Å². The molecule has 3 rings (SSSR count). The SMILES string of the molecule is Cc1nnc(C(=O)C(=O)Cc2ccc(Cc3ccc(F)cc3)o2)o1. The molecule has 7 heteroatoms. The number of Topliss-reactive ketones (excluding diaryl/α,β-unsaturated/α-hetero) is 2. The van der Waals surface area contributed by atoms with E-state index in [1.807, 2.05) is 0 Å². The Balaban J connectivity index is 1.64. The van der Waals surface area contributed by atoms with Crippen molar-refractivity contribution in [3.8, 4) is 0 Å². The molecule has 0 radical (unpaired) electrons. The minimum Gasteiger partial charge on any atom is -0.465 e. The number of halogens is 1. The molecule has 0 N–H and O–H groups in total. The largest absolute Gasteiger partial charge is 0.465 e. The van der Waals surface area contributed by atoms with Crippen LogP contribution in [-0.4, -0.2) is 21.8 Å². The lowest BCUT2D eigenvalue weighted by atomic mass is 10.1. The zero-order chi connectivity index (χ0) is 17.1. The number of nitrogens with zero attached hydrogens (tertiary/aromatic N) is 2. The third-order valence-corrected chi connectivity index (χ3v) is 3.32. The Morgan fingerprint density at radius 2 is 1.71 bits per heavy atom. The molecule has 0 saturated heterocycles. The van der Waals surface area contributed by atoms with E-state index in [1.54, 1.807) is 24.3 Å². The van der Waals surface area contributed by atoms with E-state index >= 15 is 0 Å². The number of aromatic nitrogens is 2. The minimum absolute atomic E-state index is 0.191. The lowest BCUT2D eigenvalue weighted by Gasteiger charge is -1.98. The second-order valence-corrected chi connectivity index (χ2v) is 5.23. The lowest BCUT2D eigenvalue weighted by molar-refractivity contribution is -0.114. The highest BCUT2D eigenvalue weighted by molar-refractivity contribution is 6.42. The van der Waals surface area contributed by atoms with Crippen LogP contribution in [-0.2, 0) is 17.6 Å². The molecule has 1 aromatic carbocycles. The first kappa shape index (κ1) is 15.8. The fraction of sp³-hybridized carbons (Fsp3) is 0.176. The average molecular weight is 328 g/mol. The number of carbonyl (C=O) groups is 2. The van der Waals surface area contributed by atoms with E-state index in [0.29, 0.717) is 17.9 Å². The molecule has 0 aliphatic rings. The summed E-state index contributed by atoms with van der Waals surface area (Å²) >= 11 is 0. The Hall–Kier alpha value is -3.09. The summed E-state index contributed by atoms with van der Waals surface area (Å²) in [6.45, 7) is 1.53. The maximum Gasteiger partial charge on any atom is 0.292 e. The fourth-order valence-electron chi connectivity index (χ4n) is 2.16. The Morgan fingerprint density at radius 3 is 2.38 bits per heavy atom. The molecule has 24 heavy (non-hydrogen) atoms. The highest BCUT2D eigenvalue weighted by atomic mass is 19.1. The van der Waals surface area contributed by atoms with Crippen molar-refractivity contribution in [2.75, 3.05) is 0 Å². The van der Waals surface area contributed by atoms with Crippen LogP contribution in [0.3, 0.4) is 0 Å². The van der Waals surface area contributed by atoms with Crippen LogP contribution in [0.1, 0.15) is 33.7 Å². The molecule has 122 valence electrons. The van der Waals surface area contributed by atoms with Gasteiger partial charge in [0.25, 0.3) is 11.7 Å². The van der Waals surface area contributed by atoms with Crippen molar-refractivity contribution in [2.45, 2.75) is 19.8 Å². The van der Waals surface area contributed by atoms with Gasteiger partial charge in [-0.1, -0.05) is 12.1 Å². The van der Waals surface area contributed by atoms with E-state index in [2.05, 4.69) is 10.2 Å². The summed E-state index contributed by atoms with van der Waals surface area (Å²) in [6, 6.07) is 9.39. The van der Waals surface area contributed by atoms with Gasteiger partial charge in [-0.3, -0.25) is 9.59 Å². The maximum atomic E-state index is 12.9. The van der Waals surface area contributed by atoms with E-state index in [4.69, 9.17) is 8.83 Å². The van der Waals surface area contributed by atoms with E-state index in [-0.39, 0.29) is 24.0 Å². The number of furan rings is 1. The van der Waals surface area contributed by atoms with Crippen molar-refractivity contribution in [2.24, 2.45) is 0 Å². The molecule has 0 atom stereocenters. The van der Waals surface area contributed by atoms with Crippen LogP contribution in [0.4, 0.5) is 4.39 Å². The number of ketones is 2. The van der Waals surface area contributed by atoms with Gasteiger partial charge in [0.1, 0.15) is 17.3 Å². The van der Waals surface area contributed by atoms with Crippen molar-refractivity contribution in [1.29, 1.82) is 0 Å². The second-order valence-electron chi connectivity index (χ2n) is 5.23. The van der Waals surface area contributed by atoms with Gasteiger partial charge < -0.3 is 8.83 Å². The number of benzene rings is 1. The number of carbonyl (C=O) groups excluding carboxylic acids is 2. The standard InChI is InChI=1S/C17H13FN2O4/c1-10-19-20-17(23-10)16(22)15(21)9-14-7-6-13(24-14)8-11-2-4-12(18)5-3-11/h2-7H,8-9H2,1H3. The van der Waals surface area contributed by atoms with Crippen LogP contribution < -0.4 is 0 Å². The van der Waals surface area contributed by atoms with E-state index in [1.165, 1.54) is 19.1 Å². The topological polar surface area (TPSA) is 86.2 Å². The predicted molar refractivity (Wildman–Crippen MR) is 80.0 cm³/mol. The van der Waals surface area contributed by atoms with Crippen molar-refractivity contribution in [3.63, 3.8) is 0 Å². The third kappa shape index (κ3) is 3.62. The van der Waals surface area contributed by atoms with Gasteiger partial charge in [0.15, 0.2) is 0 Å². The molecule has 0 fully saturated rings. The molecule has 0 spiro atoms. The molecule has 0 aliphatic heterocycles. The van der Waals surface area contributed by atoms with Gasteiger partial charge in [-0.2, -0.15) is 0 Å². The van der Waals surface area contributed by atoms with Crippen LogP contribution in [0.15, 0.2) is 45.2 Å². The van der Waals surface area contributed by atoms with Crippen LogP contribution in [0.2, 0.25) is 0 Å². The summed E-state index contributed by atoms with van der Waals surface area (Å²) < 4.78 is 23.4. The summed E-state index contributed by atoms with van der Waals surface area (Å²) in [5.74, 6) is -0.971. The normalized spacial score (nSPS) is 10.8. The Kier molecular flexibility index (Phi) is 4.33. The first-order valence-electron chi connectivity index (χ1n) is 7.21. The summed E-state index contributed by atoms with van der Waals surface area (Å²) in [4.78, 5) is 23.8. The second kappa shape index (κ2) is 6.57. The predicted octanol–water partition coefficient (Wildman–Crippen LogP) is 2.70. The van der Waals surface area contributed by atoms with E-state index in [0.717, 1.165) is 5.56 Å². The molecule has 2 heterocycles. The molecular weight excluding hydrogens is 315 g/mol. The number of rotatable bonds is 6. The monoisotopic (exact) mass is 328 g/mol. The molecule has 0 amide bonds. The summed E-state index contributed by atoms with van der Waals surface area (Å²) in [7, 11) is 0. The minimum atomic E-state index is -0.841. The van der Waals surface area contributed by atoms with Crippen molar-refractivity contribution >= 4 is 11.6 Å². The molecule has 2 aromatic heterocycles. The van der Waals surface area contributed by atoms with Crippen LogP contribution >= 0.6 is 0 Å². The Bertz CT molecular complexity index is 880. The molecule has 0 saturated carbocycles. The zero-order valence-electron chi connectivity index (χ0n) is 12.8. The Labute approximate surface area is 136 Å². The zero-order valence-corrected chi connectivity index (χ0v) is 12.8.